The maximum atomic E-state index is 12.4. The second kappa shape index (κ2) is 6.24. The van der Waals surface area contributed by atoms with Crippen LogP contribution in [0.25, 0.3) is 0 Å². The van der Waals surface area contributed by atoms with E-state index in [-0.39, 0.29) is 0 Å². The summed E-state index contributed by atoms with van der Waals surface area (Å²) in [5.41, 5.74) is 0.524. The second-order valence-corrected chi connectivity index (χ2v) is 7.98. The fourth-order valence-corrected chi connectivity index (χ4v) is 4.12. The average molecular weight is 325 g/mol. The van der Waals surface area contributed by atoms with Gasteiger partial charge < -0.3 is 10.2 Å². The fourth-order valence-electron chi connectivity index (χ4n) is 2.70. The Labute approximate surface area is 131 Å². The van der Waals surface area contributed by atoms with Crippen LogP contribution in [0.1, 0.15) is 33.1 Å². The minimum atomic E-state index is -3.42. The Morgan fingerprint density at radius 3 is 2.32 bits per heavy atom. The van der Waals surface area contributed by atoms with Gasteiger partial charge in [-0.2, -0.15) is 0 Å². The lowest BCUT2D eigenvalue weighted by molar-refractivity contribution is -0.120. The first-order valence-corrected chi connectivity index (χ1v) is 9.45. The summed E-state index contributed by atoms with van der Waals surface area (Å²) in [5.74, 6) is 0.392. The maximum absolute atomic E-state index is 12.4. The van der Waals surface area contributed by atoms with Gasteiger partial charge in [-0.15, -0.1) is 0 Å². The molecule has 7 heteroatoms. The predicted molar refractivity (Wildman–Crippen MR) is 87.9 cm³/mol. The molecule has 22 heavy (non-hydrogen) atoms. The van der Waals surface area contributed by atoms with E-state index in [0.29, 0.717) is 18.5 Å². The number of amides is 1. The summed E-state index contributed by atoms with van der Waals surface area (Å²) in [6.07, 6.45) is 4.25. The van der Waals surface area contributed by atoms with Crippen LogP contribution in [0, 0.1) is 0 Å². The highest BCUT2D eigenvalue weighted by Gasteiger charge is 2.52. The zero-order chi connectivity index (χ0) is 16.4. The van der Waals surface area contributed by atoms with Gasteiger partial charge in [0, 0.05) is 19.3 Å². The lowest BCUT2D eigenvalue weighted by Gasteiger charge is -2.38. The van der Waals surface area contributed by atoms with Crippen LogP contribution in [-0.2, 0) is 14.6 Å². The van der Waals surface area contributed by atoms with E-state index < -0.39 is 20.5 Å². The van der Waals surface area contributed by atoms with E-state index in [2.05, 4.69) is 15.2 Å². The zero-order valence-corrected chi connectivity index (χ0v) is 14.1. The molecule has 0 atom stereocenters. The molecule has 1 N–H and O–H groups in total. The number of anilines is 2. The van der Waals surface area contributed by atoms with Crippen LogP contribution in [0.5, 0.6) is 0 Å². The summed E-state index contributed by atoms with van der Waals surface area (Å²) >= 11 is 0. The van der Waals surface area contributed by atoms with Gasteiger partial charge in [-0.05, 0) is 45.2 Å². The Hall–Kier alpha value is -1.63. The average Bonchev–Trinajstić information content (AvgIpc) is 2.39. The van der Waals surface area contributed by atoms with Crippen LogP contribution in [0.2, 0.25) is 0 Å². The molecule has 1 aliphatic rings. The van der Waals surface area contributed by atoms with Crippen molar-refractivity contribution < 1.29 is 13.2 Å². The molecule has 1 aromatic rings. The van der Waals surface area contributed by atoms with Gasteiger partial charge in [0.15, 0.2) is 14.6 Å². The molecule has 0 radical (unpaired) electrons. The summed E-state index contributed by atoms with van der Waals surface area (Å²) in [5, 5.41) is 2.69. The quantitative estimate of drug-likeness (QED) is 0.863. The normalized spacial score (nSPS) is 16.7. The number of carbonyl (C=O) groups excluding carboxylic acids is 1. The summed E-state index contributed by atoms with van der Waals surface area (Å²) in [7, 11) is -3.42. The second-order valence-electron chi connectivity index (χ2n) is 5.65. The predicted octanol–water partition coefficient (Wildman–Crippen LogP) is 1.83. The molecule has 0 unspecified atom stereocenters. The molecule has 1 amide bonds. The van der Waals surface area contributed by atoms with Gasteiger partial charge >= 0.3 is 0 Å². The first kappa shape index (κ1) is 16.7. The van der Waals surface area contributed by atoms with Crippen molar-refractivity contribution in [3.63, 3.8) is 0 Å². The van der Waals surface area contributed by atoms with Crippen molar-refractivity contribution in [2.75, 3.05) is 29.6 Å². The monoisotopic (exact) mass is 325 g/mol. The molecule has 122 valence electrons. The van der Waals surface area contributed by atoms with Crippen molar-refractivity contribution >= 4 is 27.2 Å². The number of aromatic nitrogens is 1. The topological polar surface area (TPSA) is 79.4 Å². The van der Waals surface area contributed by atoms with E-state index in [0.717, 1.165) is 31.6 Å². The van der Waals surface area contributed by atoms with Crippen molar-refractivity contribution in [3.05, 3.63) is 18.3 Å². The van der Waals surface area contributed by atoms with Crippen molar-refractivity contribution in [2.45, 2.75) is 37.9 Å². The number of hydrogen-bond donors (Lipinski definition) is 1. The lowest BCUT2D eigenvalue weighted by atomic mass is 9.83. The molecule has 0 spiro atoms. The zero-order valence-electron chi connectivity index (χ0n) is 13.3. The standard InChI is InChI=1S/C15H23N3O3S/c1-4-18(5-2)13-8-7-12(11-16-13)17-14(19)15(9-6-10-15)22(3,20)21/h7-8,11H,4-6,9-10H2,1-3H3,(H,17,19). The van der Waals surface area contributed by atoms with Gasteiger partial charge in [-0.3, -0.25) is 4.79 Å². The third-order valence-electron chi connectivity index (χ3n) is 4.38. The Kier molecular flexibility index (Phi) is 4.75. The molecule has 0 aromatic carbocycles. The van der Waals surface area contributed by atoms with E-state index >= 15 is 0 Å². The number of nitrogens with zero attached hydrogens (tertiary/aromatic N) is 2. The highest BCUT2D eigenvalue weighted by molar-refractivity contribution is 7.93. The smallest absolute Gasteiger partial charge is 0.245 e. The number of rotatable bonds is 6. The van der Waals surface area contributed by atoms with Gasteiger partial charge in [0.1, 0.15) is 5.82 Å². The Balaban J connectivity index is 2.13. The summed E-state index contributed by atoms with van der Waals surface area (Å²) in [4.78, 5) is 18.8. The van der Waals surface area contributed by atoms with Crippen LogP contribution in [0.15, 0.2) is 18.3 Å². The molecule has 1 aromatic heterocycles. The van der Waals surface area contributed by atoms with Gasteiger partial charge in [0.2, 0.25) is 5.91 Å². The molecule has 0 aliphatic heterocycles. The number of carbonyl (C=O) groups is 1. The summed E-state index contributed by atoms with van der Waals surface area (Å²) < 4.78 is 22.6. The SMILES string of the molecule is CCN(CC)c1ccc(NC(=O)C2(S(C)(=O)=O)CCC2)cn1. The van der Waals surface area contributed by atoms with Crippen molar-refractivity contribution in [1.82, 2.24) is 4.98 Å². The third-order valence-corrected chi connectivity index (χ3v) is 6.39. The Morgan fingerprint density at radius 1 is 1.32 bits per heavy atom. The molecule has 1 fully saturated rings. The first-order valence-electron chi connectivity index (χ1n) is 7.56. The number of sulfone groups is 1. The number of hydrogen-bond acceptors (Lipinski definition) is 5. The van der Waals surface area contributed by atoms with Crippen LogP contribution in [0.4, 0.5) is 11.5 Å². The molecule has 0 saturated heterocycles. The Morgan fingerprint density at radius 2 is 1.95 bits per heavy atom. The minimum absolute atomic E-state index is 0.391. The summed E-state index contributed by atoms with van der Waals surface area (Å²) in [6.45, 7) is 5.81. The minimum Gasteiger partial charge on any atom is -0.357 e. The molecule has 1 heterocycles. The van der Waals surface area contributed by atoms with Gasteiger partial charge in [-0.25, -0.2) is 13.4 Å². The highest BCUT2D eigenvalue weighted by atomic mass is 32.2. The van der Waals surface area contributed by atoms with Gasteiger partial charge in [0.25, 0.3) is 0 Å². The molecule has 2 rings (SSSR count). The molecule has 6 nitrogen and oxygen atoms in total. The summed E-state index contributed by atoms with van der Waals surface area (Å²) in [6, 6.07) is 3.59. The molecule has 1 aliphatic carbocycles. The molecule has 0 bridgehead atoms. The van der Waals surface area contributed by atoms with E-state index in [4.69, 9.17) is 0 Å². The first-order chi connectivity index (χ1) is 10.3. The van der Waals surface area contributed by atoms with Crippen LogP contribution >= 0.6 is 0 Å². The maximum Gasteiger partial charge on any atom is 0.245 e. The van der Waals surface area contributed by atoms with Crippen LogP contribution in [-0.4, -0.2) is 43.4 Å². The van der Waals surface area contributed by atoms with Crippen molar-refractivity contribution in [2.24, 2.45) is 0 Å². The lowest BCUT2D eigenvalue weighted by Crippen LogP contribution is -2.54. The Bertz CT molecular complexity index is 633. The third kappa shape index (κ3) is 2.95. The van der Waals surface area contributed by atoms with Gasteiger partial charge in [0.05, 0.1) is 11.9 Å². The van der Waals surface area contributed by atoms with E-state index in [1.807, 2.05) is 19.9 Å². The van der Waals surface area contributed by atoms with Gasteiger partial charge in [-0.1, -0.05) is 0 Å². The number of nitrogens with one attached hydrogen (secondary N) is 1. The number of pyridine rings is 1. The van der Waals surface area contributed by atoms with Crippen LogP contribution < -0.4 is 10.2 Å². The van der Waals surface area contributed by atoms with E-state index in [1.165, 1.54) is 0 Å². The molecule has 1 saturated carbocycles. The molecular weight excluding hydrogens is 302 g/mol. The van der Waals surface area contributed by atoms with E-state index in [9.17, 15) is 13.2 Å². The molecular formula is C15H23N3O3S. The van der Waals surface area contributed by atoms with Crippen molar-refractivity contribution in [3.8, 4) is 0 Å². The van der Waals surface area contributed by atoms with E-state index in [1.54, 1.807) is 12.3 Å². The fraction of sp³-hybridized carbons (Fsp3) is 0.600. The van der Waals surface area contributed by atoms with Crippen molar-refractivity contribution in [1.29, 1.82) is 0 Å². The van der Waals surface area contributed by atoms with Crippen LogP contribution in [0.3, 0.4) is 0 Å². The highest BCUT2D eigenvalue weighted by Crippen LogP contribution is 2.39. The largest absolute Gasteiger partial charge is 0.357 e.